The molecule has 1 aromatic carbocycles. The van der Waals surface area contributed by atoms with Crippen LogP contribution < -0.4 is 5.32 Å². The average Bonchev–Trinajstić information content (AvgIpc) is 3.33. The molecule has 0 saturated carbocycles. The highest BCUT2D eigenvalue weighted by atomic mass is 16.5. The van der Waals surface area contributed by atoms with Gasteiger partial charge in [-0.05, 0) is 44.2 Å². The minimum atomic E-state index is -1.01. The molecule has 0 aliphatic carbocycles. The van der Waals surface area contributed by atoms with Gasteiger partial charge in [-0.2, -0.15) is 0 Å². The number of hydrogen-bond acceptors (Lipinski definition) is 7. The molecule has 0 aliphatic rings. The van der Waals surface area contributed by atoms with Crippen molar-refractivity contribution in [3.63, 3.8) is 0 Å². The first-order chi connectivity index (χ1) is 14.0. The van der Waals surface area contributed by atoms with Crippen molar-refractivity contribution >= 4 is 28.7 Å². The van der Waals surface area contributed by atoms with Crippen LogP contribution in [0.25, 0.3) is 22.4 Å². The van der Waals surface area contributed by atoms with Crippen molar-refractivity contribution in [1.82, 2.24) is 20.1 Å². The van der Waals surface area contributed by atoms with Crippen LogP contribution in [0.4, 0.5) is 5.82 Å². The van der Waals surface area contributed by atoms with Gasteiger partial charge in [-0.15, -0.1) is 0 Å². The minimum Gasteiger partial charge on any atom is -0.449 e. The Hall–Kier alpha value is -4.01. The van der Waals surface area contributed by atoms with Crippen molar-refractivity contribution in [3.8, 4) is 11.4 Å². The van der Waals surface area contributed by atoms with Gasteiger partial charge in [0.05, 0.1) is 16.6 Å². The van der Waals surface area contributed by atoms with E-state index in [2.05, 4.69) is 25.4 Å². The molecule has 0 spiro atoms. The molecule has 9 heteroatoms. The van der Waals surface area contributed by atoms with E-state index in [1.165, 1.54) is 6.92 Å². The topological polar surface area (TPSA) is 123 Å². The lowest BCUT2D eigenvalue weighted by Crippen LogP contribution is -2.30. The molecule has 3 heterocycles. The van der Waals surface area contributed by atoms with E-state index in [-0.39, 0.29) is 5.82 Å². The zero-order valence-corrected chi connectivity index (χ0v) is 15.7. The van der Waals surface area contributed by atoms with Crippen LogP contribution in [0, 0.1) is 6.92 Å². The zero-order chi connectivity index (χ0) is 20.4. The van der Waals surface area contributed by atoms with E-state index in [4.69, 9.17) is 9.26 Å². The number of imidazole rings is 1. The Labute approximate surface area is 165 Å². The van der Waals surface area contributed by atoms with Gasteiger partial charge in [0.2, 0.25) is 0 Å². The SMILES string of the molecule is Cc1cc(NC(=O)C(C)OC(=O)c2ccc3nc(-c4cccnc4)[nH]c3c2)no1. The van der Waals surface area contributed by atoms with Gasteiger partial charge in [-0.25, -0.2) is 9.78 Å². The number of H-pyrrole nitrogens is 1. The summed E-state index contributed by atoms with van der Waals surface area (Å²) in [6.07, 6.45) is 2.37. The molecule has 1 amide bonds. The number of aryl methyl sites for hydroxylation is 1. The Morgan fingerprint density at radius 3 is 2.83 bits per heavy atom. The van der Waals surface area contributed by atoms with Crippen LogP contribution in [0.15, 0.2) is 53.3 Å². The summed E-state index contributed by atoms with van der Waals surface area (Å²) in [5.74, 6) is 0.339. The van der Waals surface area contributed by atoms with Crippen molar-refractivity contribution < 1.29 is 18.8 Å². The third-order valence-corrected chi connectivity index (χ3v) is 4.18. The van der Waals surface area contributed by atoms with E-state index >= 15 is 0 Å². The van der Waals surface area contributed by atoms with Crippen molar-refractivity contribution in [2.24, 2.45) is 0 Å². The fourth-order valence-electron chi connectivity index (χ4n) is 2.71. The number of carbonyl (C=O) groups excluding carboxylic acids is 2. The van der Waals surface area contributed by atoms with Gasteiger partial charge in [-0.3, -0.25) is 9.78 Å². The van der Waals surface area contributed by atoms with Gasteiger partial charge in [0, 0.05) is 24.0 Å². The first-order valence-electron chi connectivity index (χ1n) is 8.85. The Balaban J connectivity index is 1.47. The number of carbonyl (C=O) groups is 2. The summed E-state index contributed by atoms with van der Waals surface area (Å²) >= 11 is 0. The quantitative estimate of drug-likeness (QED) is 0.501. The number of rotatable bonds is 5. The molecule has 1 atom stereocenters. The monoisotopic (exact) mass is 391 g/mol. The number of aromatic nitrogens is 4. The molecule has 0 bridgehead atoms. The number of aromatic amines is 1. The van der Waals surface area contributed by atoms with Gasteiger partial charge < -0.3 is 19.6 Å². The zero-order valence-electron chi connectivity index (χ0n) is 15.7. The fraction of sp³-hybridized carbons (Fsp3) is 0.150. The Morgan fingerprint density at radius 1 is 1.24 bits per heavy atom. The maximum Gasteiger partial charge on any atom is 0.338 e. The molecule has 3 aromatic heterocycles. The standard InChI is InChI=1S/C20H17N5O4/c1-11-8-17(25-29-11)24-19(26)12(2)28-20(27)13-5-6-15-16(9-13)23-18(22-15)14-4-3-7-21-10-14/h3-10,12H,1-2H3,(H,22,23)(H,24,25,26). The van der Waals surface area contributed by atoms with Gasteiger partial charge in [-0.1, -0.05) is 5.16 Å². The largest absolute Gasteiger partial charge is 0.449 e. The normalized spacial score (nSPS) is 11.9. The number of amides is 1. The van der Waals surface area contributed by atoms with Crippen molar-refractivity contribution in [2.45, 2.75) is 20.0 Å². The van der Waals surface area contributed by atoms with Crippen LogP contribution in [-0.2, 0) is 9.53 Å². The van der Waals surface area contributed by atoms with Crippen molar-refractivity contribution in [3.05, 3.63) is 60.1 Å². The highest BCUT2D eigenvalue weighted by Gasteiger charge is 2.20. The number of benzene rings is 1. The molecule has 1 unspecified atom stereocenters. The summed E-state index contributed by atoms with van der Waals surface area (Å²) in [4.78, 5) is 36.4. The van der Waals surface area contributed by atoms with Crippen LogP contribution in [0.5, 0.6) is 0 Å². The maximum atomic E-state index is 12.5. The van der Waals surface area contributed by atoms with Crippen LogP contribution in [0.1, 0.15) is 23.0 Å². The number of fused-ring (bicyclic) bond motifs is 1. The second-order valence-corrected chi connectivity index (χ2v) is 6.42. The van der Waals surface area contributed by atoms with Gasteiger partial charge in [0.1, 0.15) is 11.6 Å². The first-order valence-corrected chi connectivity index (χ1v) is 8.85. The number of esters is 1. The van der Waals surface area contributed by atoms with Crippen LogP contribution in [-0.4, -0.2) is 38.1 Å². The lowest BCUT2D eigenvalue weighted by atomic mass is 10.2. The summed E-state index contributed by atoms with van der Waals surface area (Å²) in [5, 5.41) is 6.20. The van der Waals surface area contributed by atoms with Gasteiger partial charge in [0.15, 0.2) is 11.9 Å². The molecule has 2 N–H and O–H groups in total. The smallest absolute Gasteiger partial charge is 0.338 e. The van der Waals surface area contributed by atoms with Gasteiger partial charge in [0.25, 0.3) is 5.91 Å². The summed E-state index contributed by atoms with van der Waals surface area (Å²) in [6, 6.07) is 10.2. The molecule has 0 saturated heterocycles. The Kier molecular flexibility index (Phi) is 4.78. The first kappa shape index (κ1) is 18.4. The number of hydrogen-bond donors (Lipinski definition) is 2. The van der Waals surface area contributed by atoms with Crippen molar-refractivity contribution in [2.75, 3.05) is 5.32 Å². The van der Waals surface area contributed by atoms with E-state index in [0.29, 0.717) is 28.2 Å². The molecule has 0 radical (unpaired) electrons. The molecular weight excluding hydrogens is 374 g/mol. The third-order valence-electron chi connectivity index (χ3n) is 4.18. The molecule has 29 heavy (non-hydrogen) atoms. The van der Waals surface area contributed by atoms with Crippen LogP contribution >= 0.6 is 0 Å². The Morgan fingerprint density at radius 2 is 2.10 bits per heavy atom. The molecular formula is C20H17N5O4. The number of nitrogens with zero attached hydrogens (tertiary/aromatic N) is 3. The summed E-state index contributed by atoms with van der Waals surface area (Å²) in [5.41, 5.74) is 2.51. The van der Waals surface area contributed by atoms with Crippen LogP contribution in [0.3, 0.4) is 0 Å². The maximum absolute atomic E-state index is 12.5. The second-order valence-electron chi connectivity index (χ2n) is 6.42. The molecule has 0 aliphatic heterocycles. The molecule has 9 nitrogen and oxygen atoms in total. The van der Waals surface area contributed by atoms with Crippen LogP contribution in [0.2, 0.25) is 0 Å². The Bertz CT molecular complexity index is 1180. The number of ether oxygens (including phenoxy) is 1. The summed E-state index contributed by atoms with van der Waals surface area (Å²) in [6.45, 7) is 3.19. The molecule has 146 valence electrons. The fourth-order valence-corrected chi connectivity index (χ4v) is 2.71. The molecule has 0 fully saturated rings. The highest BCUT2D eigenvalue weighted by molar-refractivity contribution is 5.98. The van der Waals surface area contributed by atoms with E-state index in [1.807, 2.05) is 12.1 Å². The average molecular weight is 391 g/mol. The molecule has 4 rings (SSSR count). The lowest BCUT2D eigenvalue weighted by molar-refractivity contribution is -0.123. The predicted octanol–water partition coefficient (Wildman–Crippen LogP) is 3.11. The van der Waals surface area contributed by atoms with E-state index in [0.717, 1.165) is 5.56 Å². The van der Waals surface area contributed by atoms with E-state index in [9.17, 15) is 9.59 Å². The highest BCUT2D eigenvalue weighted by Crippen LogP contribution is 2.21. The number of nitrogens with one attached hydrogen (secondary N) is 2. The lowest BCUT2D eigenvalue weighted by Gasteiger charge is -2.12. The van der Waals surface area contributed by atoms with E-state index in [1.54, 1.807) is 43.6 Å². The van der Waals surface area contributed by atoms with Crippen molar-refractivity contribution in [1.29, 1.82) is 0 Å². The summed E-state index contributed by atoms with van der Waals surface area (Å²) < 4.78 is 10.1. The molecule has 4 aromatic rings. The predicted molar refractivity (Wildman–Crippen MR) is 104 cm³/mol. The second kappa shape index (κ2) is 7.55. The third kappa shape index (κ3) is 3.98. The number of anilines is 1. The van der Waals surface area contributed by atoms with E-state index < -0.39 is 18.0 Å². The number of pyridine rings is 1. The summed E-state index contributed by atoms with van der Waals surface area (Å²) in [7, 11) is 0. The minimum absolute atomic E-state index is 0.261. The van der Waals surface area contributed by atoms with Gasteiger partial charge >= 0.3 is 5.97 Å².